The molecule has 0 heterocycles. The lowest BCUT2D eigenvalue weighted by Crippen LogP contribution is -2.00. The molecule has 0 saturated heterocycles. The largest absolute Gasteiger partial charge is 0.412 e. The minimum absolute atomic E-state index is 0. The number of rotatable bonds is 2. The molecule has 0 aromatic heterocycles. The predicted octanol–water partition coefficient (Wildman–Crippen LogP) is -1.56. The SMILES string of the molecule is Bc1ccc(COC)cc1.O.O. The van der Waals surface area contributed by atoms with E-state index in [2.05, 4.69) is 32.1 Å². The third-order valence-electron chi connectivity index (χ3n) is 1.43. The first-order valence-electron chi connectivity index (χ1n) is 3.37. The van der Waals surface area contributed by atoms with Crippen molar-refractivity contribution in [2.45, 2.75) is 6.61 Å². The van der Waals surface area contributed by atoms with Crippen LogP contribution in [0.2, 0.25) is 0 Å². The molecule has 0 radical (unpaired) electrons. The smallest absolute Gasteiger partial charge is 0.139 e. The van der Waals surface area contributed by atoms with Crippen LogP contribution in [0.15, 0.2) is 24.3 Å². The summed E-state index contributed by atoms with van der Waals surface area (Å²) in [4.78, 5) is 0. The fourth-order valence-corrected chi connectivity index (χ4v) is 0.851. The molecule has 1 aromatic rings. The van der Waals surface area contributed by atoms with Crippen LogP contribution in [0.25, 0.3) is 0 Å². The average Bonchev–Trinajstić information content (AvgIpc) is 1.95. The van der Waals surface area contributed by atoms with E-state index < -0.39 is 0 Å². The summed E-state index contributed by atoms with van der Waals surface area (Å²) in [6.07, 6.45) is 0. The van der Waals surface area contributed by atoms with E-state index in [1.165, 1.54) is 11.0 Å². The highest BCUT2D eigenvalue weighted by molar-refractivity contribution is 6.32. The van der Waals surface area contributed by atoms with Crippen molar-refractivity contribution in [1.82, 2.24) is 0 Å². The van der Waals surface area contributed by atoms with Gasteiger partial charge in [0.1, 0.15) is 7.85 Å². The first-order chi connectivity index (χ1) is 4.83. The molecular formula is C8H15BO3. The molecular weight excluding hydrogens is 155 g/mol. The van der Waals surface area contributed by atoms with E-state index in [-0.39, 0.29) is 11.0 Å². The minimum Gasteiger partial charge on any atom is -0.412 e. The highest BCUT2D eigenvalue weighted by Gasteiger charge is 1.88. The Kier molecular flexibility index (Phi) is 7.84. The summed E-state index contributed by atoms with van der Waals surface area (Å²) < 4.78 is 4.97. The lowest BCUT2D eigenvalue weighted by atomic mass is 9.95. The second kappa shape index (κ2) is 6.85. The summed E-state index contributed by atoms with van der Waals surface area (Å²) in [6.45, 7) is 0.709. The molecule has 1 rings (SSSR count). The molecule has 0 aliphatic carbocycles. The predicted molar refractivity (Wildman–Crippen MR) is 52.6 cm³/mol. The maximum atomic E-state index is 4.97. The second-order valence-corrected chi connectivity index (χ2v) is 2.42. The lowest BCUT2D eigenvalue weighted by Gasteiger charge is -1.98. The zero-order chi connectivity index (χ0) is 7.40. The molecule has 0 spiro atoms. The van der Waals surface area contributed by atoms with Crippen molar-refractivity contribution in [3.05, 3.63) is 29.8 Å². The van der Waals surface area contributed by atoms with Crippen LogP contribution in [0, 0.1) is 0 Å². The summed E-state index contributed by atoms with van der Waals surface area (Å²) in [5, 5.41) is 0. The Hall–Kier alpha value is -0.835. The first-order valence-corrected chi connectivity index (χ1v) is 3.37. The van der Waals surface area contributed by atoms with Gasteiger partial charge >= 0.3 is 0 Å². The van der Waals surface area contributed by atoms with Gasteiger partial charge in [0, 0.05) is 7.11 Å². The number of methoxy groups -OCH3 is 1. The first kappa shape index (κ1) is 13.7. The minimum atomic E-state index is 0. The molecule has 0 aliphatic rings. The Labute approximate surface area is 73.4 Å². The average molecular weight is 170 g/mol. The van der Waals surface area contributed by atoms with Crippen LogP contribution < -0.4 is 5.46 Å². The fourth-order valence-electron chi connectivity index (χ4n) is 0.851. The van der Waals surface area contributed by atoms with Crippen LogP contribution in [0.3, 0.4) is 0 Å². The van der Waals surface area contributed by atoms with E-state index in [0.717, 1.165) is 0 Å². The Morgan fingerprint density at radius 3 is 2.08 bits per heavy atom. The van der Waals surface area contributed by atoms with Crippen LogP contribution in [-0.2, 0) is 11.3 Å². The normalized spacial score (nSPS) is 8.08. The lowest BCUT2D eigenvalue weighted by molar-refractivity contribution is 0.185. The van der Waals surface area contributed by atoms with E-state index >= 15 is 0 Å². The van der Waals surface area contributed by atoms with Gasteiger partial charge in [-0.05, 0) is 5.56 Å². The van der Waals surface area contributed by atoms with Crippen LogP contribution >= 0.6 is 0 Å². The van der Waals surface area contributed by atoms with Crippen molar-refractivity contribution < 1.29 is 15.7 Å². The molecule has 0 unspecified atom stereocenters. The van der Waals surface area contributed by atoms with Crippen molar-refractivity contribution in [2.24, 2.45) is 0 Å². The molecule has 4 N–H and O–H groups in total. The Bertz CT molecular complexity index is 198. The molecule has 0 bridgehead atoms. The molecule has 0 atom stereocenters. The Morgan fingerprint density at radius 1 is 1.17 bits per heavy atom. The summed E-state index contributed by atoms with van der Waals surface area (Å²) in [6, 6.07) is 8.35. The molecule has 1 aromatic carbocycles. The zero-order valence-electron chi connectivity index (χ0n) is 7.42. The highest BCUT2D eigenvalue weighted by atomic mass is 16.5. The summed E-state index contributed by atoms with van der Waals surface area (Å²) >= 11 is 0. The van der Waals surface area contributed by atoms with Gasteiger partial charge in [0.25, 0.3) is 0 Å². The summed E-state index contributed by atoms with van der Waals surface area (Å²) in [5.74, 6) is 0. The third-order valence-corrected chi connectivity index (χ3v) is 1.43. The van der Waals surface area contributed by atoms with Crippen molar-refractivity contribution >= 4 is 13.3 Å². The van der Waals surface area contributed by atoms with Crippen LogP contribution in [0.1, 0.15) is 5.56 Å². The third kappa shape index (κ3) is 4.13. The van der Waals surface area contributed by atoms with Gasteiger partial charge in [0.2, 0.25) is 0 Å². The topological polar surface area (TPSA) is 72.2 Å². The van der Waals surface area contributed by atoms with E-state index in [1.807, 2.05) is 0 Å². The van der Waals surface area contributed by atoms with Gasteiger partial charge in [-0.3, -0.25) is 0 Å². The standard InChI is InChI=1S/C8H11BO.2H2O/c1-10-6-7-2-4-8(9)5-3-7;;/h2-5H,6,9H2,1H3;2*1H2. The zero-order valence-corrected chi connectivity index (χ0v) is 7.42. The molecule has 3 nitrogen and oxygen atoms in total. The molecule has 68 valence electrons. The molecule has 0 fully saturated rings. The van der Waals surface area contributed by atoms with Gasteiger partial charge in [0.05, 0.1) is 6.61 Å². The van der Waals surface area contributed by atoms with Crippen LogP contribution in [0.5, 0.6) is 0 Å². The van der Waals surface area contributed by atoms with E-state index in [4.69, 9.17) is 4.74 Å². The molecule has 0 aliphatic heterocycles. The maximum absolute atomic E-state index is 4.97. The molecule has 4 heteroatoms. The maximum Gasteiger partial charge on any atom is 0.139 e. The van der Waals surface area contributed by atoms with Crippen molar-refractivity contribution in [2.75, 3.05) is 7.11 Å². The number of benzene rings is 1. The molecule has 0 amide bonds. The summed E-state index contributed by atoms with van der Waals surface area (Å²) in [5.41, 5.74) is 2.52. The van der Waals surface area contributed by atoms with Gasteiger partial charge in [-0.1, -0.05) is 29.7 Å². The van der Waals surface area contributed by atoms with Gasteiger partial charge in [-0.25, -0.2) is 0 Å². The second-order valence-electron chi connectivity index (χ2n) is 2.42. The van der Waals surface area contributed by atoms with Crippen LogP contribution in [-0.4, -0.2) is 25.9 Å². The fraction of sp³-hybridized carbons (Fsp3) is 0.250. The van der Waals surface area contributed by atoms with E-state index in [1.54, 1.807) is 7.11 Å². The number of hydrogen-bond donors (Lipinski definition) is 0. The van der Waals surface area contributed by atoms with Crippen LogP contribution in [0.4, 0.5) is 0 Å². The van der Waals surface area contributed by atoms with E-state index in [0.29, 0.717) is 6.61 Å². The Balaban J connectivity index is 0. The highest BCUT2D eigenvalue weighted by Crippen LogP contribution is 1.96. The van der Waals surface area contributed by atoms with Crippen molar-refractivity contribution in [3.63, 3.8) is 0 Å². The quantitative estimate of drug-likeness (QED) is 0.494. The molecule has 0 saturated carbocycles. The monoisotopic (exact) mass is 170 g/mol. The molecule has 12 heavy (non-hydrogen) atoms. The van der Waals surface area contributed by atoms with Gasteiger partial charge in [0.15, 0.2) is 0 Å². The van der Waals surface area contributed by atoms with Gasteiger partial charge in [-0.15, -0.1) is 0 Å². The number of ether oxygens (including phenoxy) is 1. The van der Waals surface area contributed by atoms with E-state index in [9.17, 15) is 0 Å². The Morgan fingerprint density at radius 2 is 1.67 bits per heavy atom. The van der Waals surface area contributed by atoms with Crippen molar-refractivity contribution in [3.8, 4) is 0 Å². The summed E-state index contributed by atoms with van der Waals surface area (Å²) in [7, 11) is 3.79. The van der Waals surface area contributed by atoms with Gasteiger partial charge in [-0.2, -0.15) is 0 Å². The number of hydrogen-bond acceptors (Lipinski definition) is 1. The van der Waals surface area contributed by atoms with Crippen molar-refractivity contribution in [1.29, 1.82) is 0 Å². The van der Waals surface area contributed by atoms with Gasteiger partial charge < -0.3 is 15.7 Å².